The lowest BCUT2D eigenvalue weighted by atomic mass is 9.99. The average molecular weight is 258 g/mol. The number of urea groups is 2. The summed E-state index contributed by atoms with van der Waals surface area (Å²) in [4.78, 5) is 34.4. The van der Waals surface area contributed by atoms with Crippen LogP contribution in [0.15, 0.2) is 0 Å². The van der Waals surface area contributed by atoms with Gasteiger partial charge in [0.05, 0.1) is 5.92 Å². The molecule has 8 heteroatoms. The quantitative estimate of drug-likeness (QED) is 0.483. The van der Waals surface area contributed by atoms with Crippen LogP contribution in [-0.2, 0) is 4.79 Å². The molecular formula is C10H18N4O4. The molecule has 0 aromatic carbocycles. The summed E-state index contributed by atoms with van der Waals surface area (Å²) in [5.41, 5.74) is 4.86. The molecule has 0 aliphatic carbocycles. The molecule has 1 aliphatic rings. The van der Waals surface area contributed by atoms with Gasteiger partial charge in [0, 0.05) is 26.2 Å². The van der Waals surface area contributed by atoms with Crippen LogP contribution in [0.4, 0.5) is 9.59 Å². The van der Waals surface area contributed by atoms with Gasteiger partial charge in [-0.25, -0.2) is 9.59 Å². The second-order valence-corrected chi connectivity index (χ2v) is 4.35. The fourth-order valence-corrected chi connectivity index (χ4v) is 1.92. The van der Waals surface area contributed by atoms with Crippen LogP contribution in [0.1, 0.15) is 6.92 Å². The van der Waals surface area contributed by atoms with Crippen molar-refractivity contribution >= 4 is 18.0 Å². The Kier molecular flexibility index (Phi) is 4.75. The number of hydrogen-bond donors (Lipinski definition) is 4. The van der Waals surface area contributed by atoms with E-state index in [2.05, 4.69) is 10.6 Å². The monoisotopic (exact) mass is 258 g/mol. The number of likely N-dealkylation sites (tertiary alicyclic amines) is 1. The molecule has 2 unspecified atom stereocenters. The fraction of sp³-hybridized carbons (Fsp3) is 0.700. The van der Waals surface area contributed by atoms with Crippen molar-refractivity contribution in [1.29, 1.82) is 0 Å². The lowest BCUT2D eigenvalue weighted by Crippen LogP contribution is -2.43. The van der Waals surface area contributed by atoms with Crippen molar-refractivity contribution < 1.29 is 19.5 Å². The van der Waals surface area contributed by atoms with Crippen LogP contribution < -0.4 is 16.4 Å². The molecule has 0 aromatic heterocycles. The Morgan fingerprint density at radius 3 is 2.39 bits per heavy atom. The Bertz CT molecular complexity index is 347. The van der Waals surface area contributed by atoms with Crippen LogP contribution in [0, 0.1) is 11.8 Å². The standard InChI is InChI=1S/C10H18N4O4/c1-6-4-14(5-7(6)8(15)16)10(18)13-3-2-12-9(11)17/h6-7H,2-5H2,1H3,(H,13,18)(H,15,16)(H3,11,12,17). The van der Waals surface area contributed by atoms with Gasteiger partial charge in [-0.2, -0.15) is 0 Å². The predicted molar refractivity (Wildman–Crippen MR) is 62.8 cm³/mol. The van der Waals surface area contributed by atoms with Gasteiger partial charge in [0.25, 0.3) is 0 Å². The number of amides is 4. The molecule has 1 rings (SSSR count). The molecule has 0 radical (unpaired) electrons. The molecule has 2 atom stereocenters. The second-order valence-electron chi connectivity index (χ2n) is 4.35. The van der Waals surface area contributed by atoms with Crippen LogP contribution in [0.5, 0.6) is 0 Å². The largest absolute Gasteiger partial charge is 0.481 e. The summed E-state index contributed by atoms with van der Waals surface area (Å²) in [6, 6.07) is -0.971. The Morgan fingerprint density at radius 1 is 1.28 bits per heavy atom. The number of aliphatic carboxylic acids is 1. The topological polar surface area (TPSA) is 125 Å². The summed E-state index contributed by atoms with van der Waals surface area (Å²) in [5.74, 6) is -1.45. The zero-order valence-corrected chi connectivity index (χ0v) is 10.2. The van der Waals surface area contributed by atoms with E-state index >= 15 is 0 Å². The molecule has 1 saturated heterocycles. The summed E-state index contributed by atoms with van der Waals surface area (Å²) in [6.45, 7) is 2.94. The van der Waals surface area contributed by atoms with Crippen LogP contribution in [0.2, 0.25) is 0 Å². The average Bonchev–Trinajstić information content (AvgIpc) is 2.66. The first-order chi connectivity index (χ1) is 8.41. The second kappa shape index (κ2) is 6.08. The molecule has 8 nitrogen and oxygen atoms in total. The van der Waals surface area contributed by atoms with Crippen molar-refractivity contribution in [3.8, 4) is 0 Å². The molecule has 0 spiro atoms. The Labute approximate surface area is 104 Å². The normalized spacial score (nSPS) is 22.6. The van der Waals surface area contributed by atoms with E-state index in [1.807, 2.05) is 0 Å². The van der Waals surface area contributed by atoms with E-state index in [-0.39, 0.29) is 31.6 Å². The SMILES string of the molecule is CC1CN(C(=O)NCCNC(N)=O)CC1C(=O)O. The molecular weight excluding hydrogens is 240 g/mol. The van der Waals surface area contributed by atoms with E-state index in [0.29, 0.717) is 6.54 Å². The van der Waals surface area contributed by atoms with E-state index in [9.17, 15) is 14.4 Å². The molecule has 102 valence electrons. The number of carboxylic acids is 1. The minimum atomic E-state index is -0.881. The van der Waals surface area contributed by atoms with Gasteiger partial charge in [0.15, 0.2) is 0 Å². The first-order valence-corrected chi connectivity index (χ1v) is 5.70. The number of carbonyl (C=O) groups is 3. The highest BCUT2D eigenvalue weighted by Crippen LogP contribution is 2.22. The number of nitrogens with one attached hydrogen (secondary N) is 2. The molecule has 18 heavy (non-hydrogen) atoms. The van der Waals surface area contributed by atoms with Gasteiger partial charge < -0.3 is 26.4 Å². The fourth-order valence-electron chi connectivity index (χ4n) is 1.92. The highest BCUT2D eigenvalue weighted by atomic mass is 16.4. The third-order valence-electron chi connectivity index (χ3n) is 2.92. The van der Waals surface area contributed by atoms with Crippen LogP contribution >= 0.6 is 0 Å². The van der Waals surface area contributed by atoms with E-state index < -0.39 is 17.9 Å². The van der Waals surface area contributed by atoms with E-state index in [1.54, 1.807) is 6.92 Å². The lowest BCUT2D eigenvalue weighted by Gasteiger charge is -2.16. The van der Waals surface area contributed by atoms with Crippen molar-refractivity contribution in [2.24, 2.45) is 17.6 Å². The zero-order valence-electron chi connectivity index (χ0n) is 10.2. The number of rotatable bonds is 4. The van der Waals surface area contributed by atoms with Gasteiger partial charge in [-0.15, -0.1) is 0 Å². The van der Waals surface area contributed by atoms with Crippen molar-refractivity contribution in [2.45, 2.75) is 6.92 Å². The Balaban J connectivity index is 2.31. The van der Waals surface area contributed by atoms with Crippen molar-refractivity contribution in [3.05, 3.63) is 0 Å². The minimum Gasteiger partial charge on any atom is -0.481 e. The first kappa shape index (κ1) is 14.1. The third kappa shape index (κ3) is 3.79. The lowest BCUT2D eigenvalue weighted by molar-refractivity contribution is -0.142. The van der Waals surface area contributed by atoms with Gasteiger partial charge >= 0.3 is 18.0 Å². The van der Waals surface area contributed by atoms with Gasteiger partial charge in [0.2, 0.25) is 0 Å². The van der Waals surface area contributed by atoms with Crippen molar-refractivity contribution in [3.63, 3.8) is 0 Å². The van der Waals surface area contributed by atoms with Gasteiger partial charge in [0.1, 0.15) is 0 Å². The predicted octanol–water partition coefficient (Wildman–Crippen LogP) is -0.983. The van der Waals surface area contributed by atoms with Crippen LogP contribution in [0.25, 0.3) is 0 Å². The highest BCUT2D eigenvalue weighted by Gasteiger charge is 2.36. The third-order valence-corrected chi connectivity index (χ3v) is 2.92. The summed E-state index contributed by atoms with van der Waals surface area (Å²) in [7, 11) is 0. The maximum Gasteiger partial charge on any atom is 0.317 e. The number of carboxylic acid groups (broad SMARTS) is 1. The van der Waals surface area contributed by atoms with Crippen molar-refractivity contribution in [1.82, 2.24) is 15.5 Å². The van der Waals surface area contributed by atoms with E-state index in [1.165, 1.54) is 4.90 Å². The number of hydrogen-bond acceptors (Lipinski definition) is 3. The van der Waals surface area contributed by atoms with E-state index in [4.69, 9.17) is 10.8 Å². The molecule has 4 amide bonds. The van der Waals surface area contributed by atoms with Gasteiger partial charge in [-0.1, -0.05) is 6.92 Å². The van der Waals surface area contributed by atoms with Crippen molar-refractivity contribution in [2.75, 3.05) is 26.2 Å². The highest BCUT2D eigenvalue weighted by molar-refractivity contribution is 5.77. The molecule has 1 aliphatic heterocycles. The van der Waals surface area contributed by atoms with Crippen LogP contribution in [-0.4, -0.2) is 54.2 Å². The number of nitrogens with two attached hydrogens (primary N) is 1. The van der Waals surface area contributed by atoms with Gasteiger partial charge in [-0.3, -0.25) is 4.79 Å². The molecule has 5 N–H and O–H groups in total. The summed E-state index contributed by atoms with van der Waals surface area (Å²) in [5, 5.41) is 13.9. The molecule has 0 aromatic rings. The maximum absolute atomic E-state index is 11.7. The molecule has 0 bridgehead atoms. The Morgan fingerprint density at radius 2 is 1.89 bits per heavy atom. The minimum absolute atomic E-state index is 0.0583. The number of carbonyl (C=O) groups excluding carboxylic acids is 2. The summed E-state index contributed by atoms with van der Waals surface area (Å²) < 4.78 is 0. The smallest absolute Gasteiger partial charge is 0.317 e. The molecule has 1 heterocycles. The number of nitrogens with zero attached hydrogens (tertiary/aromatic N) is 1. The zero-order chi connectivity index (χ0) is 13.7. The molecule has 1 fully saturated rings. The maximum atomic E-state index is 11.7. The number of primary amides is 1. The Hall–Kier alpha value is -1.99. The summed E-state index contributed by atoms with van der Waals surface area (Å²) in [6.07, 6.45) is 0. The van der Waals surface area contributed by atoms with Gasteiger partial charge in [-0.05, 0) is 5.92 Å². The molecule has 0 saturated carbocycles. The first-order valence-electron chi connectivity index (χ1n) is 5.70. The van der Waals surface area contributed by atoms with E-state index in [0.717, 1.165) is 0 Å². The summed E-state index contributed by atoms with van der Waals surface area (Å²) >= 11 is 0. The van der Waals surface area contributed by atoms with Crippen LogP contribution in [0.3, 0.4) is 0 Å².